The van der Waals surface area contributed by atoms with Gasteiger partial charge in [-0.2, -0.15) is 0 Å². The van der Waals surface area contributed by atoms with Gasteiger partial charge in [0.25, 0.3) is 0 Å². The van der Waals surface area contributed by atoms with Crippen molar-refractivity contribution >= 4 is 5.97 Å². The minimum atomic E-state index is -0.791. The van der Waals surface area contributed by atoms with Crippen molar-refractivity contribution in [1.82, 2.24) is 0 Å². The van der Waals surface area contributed by atoms with E-state index in [2.05, 4.69) is 0 Å². The molecule has 0 radical (unpaired) electrons. The number of carbonyl (C=O) groups is 1. The molecule has 1 atom stereocenters. The Morgan fingerprint density at radius 1 is 1.13 bits per heavy atom. The van der Waals surface area contributed by atoms with Crippen LogP contribution in [0.4, 0.5) is 0 Å². The summed E-state index contributed by atoms with van der Waals surface area (Å²) < 4.78 is 15.9. The van der Waals surface area contributed by atoms with Crippen molar-refractivity contribution in [3.63, 3.8) is 0 Å². The van der Waals surface area contributed by atoms with Crippen LogP contribution in [0.2, 0.25) is 0 Å². The van der Waals surface area contributed by atoms with Crippen molar-refractivity contribution in [2.24, 2.45) is 5.92 Å². The predicted molar refractivity (Wildman–Crippen MR) is 82.6 cm³/mol. The lowest BCUT2D eigenvalue weighted by Gasteiger charge is -2.16. The Bertz CT molecular complexity index is 482. The molecule has 0 amide bonds. The van der Waals surface area contributed by atoms with E-state index in [9.17, 15) is 9.90 Å². The van der Waals surface area contributed by atoms with E-state index >= 15 is 0 Å². The maximum Gasteiger partial charge on any atom is 0.362 e. The summed E-state index contributed by atoms with van der Waals surface area (Å²) in [5.41, 5.74) is 0.921. The molecular weight excluding hydrogens is 322 g/mol. The van der Waals surface area contributed by atoms with Crippen molar-refractivity contribution in [1.29, 1.82) is 0 Å². The summed E-state index contributed by atoms with van der Waals surface area (Å²) >= 11 is 0. The van der Waals surface area contributed by atoms with Crippen molar-refractivity contribution < 1.29 is 41.8 Å². The number of carboxylic acid groups (broad SMARTS) is 1. The molecule has 1 aromatic carbocycles. The molecule has 0 spiro atoms. The van der Waals surface area contributed by atoms with Crippen LogP contribution in [0.25, 0.3) is 0 Å². The summed E-state index contributed by atoms with van der Waals surface area (Å²) in [6.07, 6.45) is 0.625. The van der Waals surface area contributed by atoms with Gasteiger partial charge in [0, 0.05) is 12.0 Å². The summed E-state index contributed by atoms with van der Waals surface area (Å²) in [7, 11) is 4.67. The van der Waals surface area contributed by atoms with E-state index in [4.69, 9.17) is 14.2 Å². The fraction of sp³-hybridized carbons (Fsp3) is 0.562. The van der Waals surface area contributed by atoms with Crippen molar-refractivity contribution in [3.05, 3.63) is 17.7 Å². The third-order valence-corrected chi connectivity index (χ3v) is 3.41. The second-order valence-corrected chi connectivity index (χ2v) is 5.55. The third kappa shape index (κ3) is 6.15. The minimum Gasteiger partial charge on any atom is -1.00 e. The van der Waals surface area contributed by atoms with Gasteiger partial charge in [0.05, 0.1) is 21.3 Å². The monoisotopic (exact) mass is 347 g/mol. The molecule has 0 aliphatic carbocycles. The molecular formula is C16H26ClNO5. The molecule has 3 N–H and O–H groups in total. The van der Waals surface area contributed by atoms with E-state index in [1.807, 2.05) is 31.3 Å². The molecule has 0 heterocycles. The van der Waals surface area contributed by atoms with Crippen molar-refractivity contribution in [2.75, 3.05) is 21.3 Å². The van der Waals surface area contributed by atoms with Crippen LogP contribution in [0.5, 0.6) is 17.2 Å². The van der Waals surface area contributed by atoms with Crippen LogP contribution in [-0.4, -0.2) is 38.4 Å². The number of quaternary nitrogens is 1. The highest BCUT2D eigenvalue weighted by Gasteiger charge is 2.22. The maximum atomic E-state index is 11.3. The number of aliphatic carboxylic acids is 1. The topological polar surface area (TPSA) is 81.6 Å². The van der Waals surface area contributed by atoms with Crippen LogP contribution in [-0.2, 0) is 11.3 Å². The number of rotatable bonds is 9. The largest absolute Gasteiger partial charge is 1.00 e. The molecule has 1 rings (SSSR count). The highest BCUT2D eigenvalue weighted by Crippen LogP contribution is 2.37. The Kier molecular flexibility index (Phi) is 9.44. The molecule has 1 unspecified atom stereocenters. The molecule has 0 bridgehead atoms. The van der Waals surface area contributed by atoms with Gasteiger partial charge >= 0.3 is 5.97 Å². The van der Waals surface area contributed by atoms with E-state index in [1.54, 1.807) is 21.3 Å². The van der Waals surface area contributed by atoms with E-state index < -0.39 is 12.0 Å². The predicted octanol–water partition coefficient (Wildman–Crippen LogP) is -1.72. The van der Waals surface area contributed by atoms with Crippen LogP contribution in [0.3, 0.4) is 0 Å². The average Bonchev–Trinajstić information content (AvgIpc) is 2.49. The van der Waals surface area contributed by atoms with Crippen molar-refractivity contribution in [2.45, 2.75) is 32.9 Å². The Morgan fingerprint density at radius 2 is 1.65 bits per heavy atom. The maximum absolute atomic E-state index is 11.3. The fourth-order valence-electron chi connectivity index (χ4n) is 2.34. The summed E-state index contributed by atoms with van der Waals surface area (Å²) in [5, 5.41) is 11.1. The average molecular weight is 348 g/mol. The van der Waals surface area contributed by atoms with E-state index in [1.165, 1.54) is 0 Å². The first-order valence-electron chi connectivity index (χ1n) is 7.27. The molecule has 0 saturated heterocycles. The quantitative estimate of drug-likeness (QED) is 0.555. The van der Waals surface area contributed by atoms with Crippen LogP contribution in [0, 0.1) is 5.92 Å². The van der Waals surface area contributed by atoms with Crippen LogP contribution < -0.4 is 31.9 Å². The normalized spacial score (nSPS) is 11.6. The van der Waals surface area contributed by atoms with Gasteiger partial charge in [0.2, 0.25) is 5.75 Å². The Morgan fingerprint density at radius 3 is 2.00 bits per heavy atom. The lowest BCUT2D eigenvalue weighted by Crippen LogP contribution is -3.00. The second kappa shape index (κ2) is 10.2. The molecule has 6 nitrogen and oxygen atoms in total. The second-order valence-electron chi connectivity index (χ2n) is 5.55. The minimum absolute atomic E-state index is 0. The van der Waals surface area contributed by atoms with E-state index in [0.29, 0.717) is 36.1 Å². The molecule has 0 aromatic heterocycles. The van der Waals surface area contributed by atoms with Gasteiger partial charge in [-0.3, -0.25) is 0 Å². The third-order valence-electron chi connectivity index (χ3n) is 3.41. The number of ether oxygens (including phenoxy) is 3. The fourth-order valence-corrected chi connectivity index (χ4v) is 2.34. The van der Waals surface area contributed by atoms with Gasteiger partial charge in [0.1, 0.15) is 6.54 Å². The number of hydrogen-bond acceptors (Lipinski definition) is 4. The zero-order valence-corrected chi connectivity index (χ0v) is 15.0. The van der Waals surface area contributed by atoms with Gasteiger partial charge in [-0.05, 0) is 18.1 Å². The number of methoxy groups -OCH3 is 3. The van der Waals surface area contributed by atoms with Gasteiger partial charge < -0.3 is 37.0 Å². The van der Waals surface area contributed by atoms with Crippen LogP contribution in [0.1, 0.15) is 25.8 Å². The molecule has 0 saturated carbocycles. The summed E-state index contributed by atoms with van der Waals surface area (Å²) in [4.78, 5) is 11.3. The molecule has 0 fully saturated rings. The molecule has 23 heavy (non-hydrogen) atoms. The van der Waals surface area contributed by atoms with Crippen LogP contribution in [0.15, 0.2) is 12.1 Å². The summed E-state index contributed by atoms with van der Waals surface area (Å²) in [6.45, 7) is 4.56. The number of carboxylic acids is 1. The first-order chi connectivity index (χ1) is 10.4. The highest BCUT2D eigenvalue weighted by atomic mass is 35.5. The van der Waals surface area contributed by atoms with E-state index in [-0.39, 0.29) is 12.4 Å². The Balaban J connectivity index is 0.00000484. The lowest BCUT2D eigenvalue weighted by atomic mass is 10.0. The van der Waals surface area contributed by atoms with Gasteiger partial charge in [0.15, 0.2) is 17.5 Å². The smallest absolute Gasteiger partial charge is 0.362 e. The zero-order chi connectivity index (χ0) is 16.7. The molecule has 132 valence electrons. The Hall–Kier alpha value is -1.66. The standard InChI is InChI=1S/C16H25NO5.ClH/c1-10(2)6-12(16(18)19)17-9-11-7-13(20-3)15(22-5)14(8-11)21-4;/h7-8,10,12,17H,6,9H2,1-5H3,(H,18,19);1H. The first kappa shape index (κ1) is 21.3. The summed E-state index contributed by atoms with van der Waals surface area (Å²) in [5.74, 6) is 1.21. The first-order valence-corrected chi connectivity index (χ1v) is 7.27. The Labute approximate surface area is 143 Å². The lowest BCUT2D eigenvalue weighted by molar-refractivity contribution is -0.694. The molecule has 7 heteroatoms. The highest BCUT2D eigenvalue weighted by molar-refractivity contribution is 5.71. The number of halogens is 1. The van der Waals surface area contributed by atoms with E-state index in [0.717, 1.165) is 5.56 Å². The van der Waals surface area contributed by atoms with Crippen LogP contribution >= 0.6 is 0 Å². The van der Waals surface area contributed by atoms with Gasteiger partial charge in [-0.15, -0.1) is 0 Å². The van der Waals surface area contributed by atoms with Gasteiger partial charge in [-0.25, -0.2) is 4.79 Å². The number of hydrogen-bond donors (Lipinski definition) is 2. The van der Waals surface area contributed by atoms with Crippen molar-refractivity contribution in [3.8, 4) is 17.2 Å². The molecule has 0 aliphatic rings. The summed E-state index contributed by atoms with van der Waals surface area (Å²) in [6, 6.07) is 3.22. The zero-order valence-electron chi connectivity index (χ0n) is 14.3. The SMILES string of the molecule is COc1cc(C[NH2+]C(CC(C)C)C(=O)O)cc(OC)c1OC.[Cl-]. The number of benzene rings is 1. The number of nitrogens with two attached hydrogens (primary N) is 1. The van der Waals surface area contributed by atoms with Gasteiger partial charge in [-0.1, -0.05) is 13.8 Å². The molecule has 1 aromatic rings. The molecule has 0 aliphatic heterocycles.